The normalized spacial score (nSPS) is 13.8. The van der Waals surface area contributed by atoms with Gasteiger partial charge in [0, 0.05) is 62.2 Å². The van der Waals surface area contributed by atoms with Gasteiger partial charge in [0.1, 0.15) is 11.5 Å². The molecule has 1 aliphatic rings. The third kappa shape index (κ3) is 5.46. The van der Waals surface area contributed by atoms with Gasteiger partial charge in [-0.25, -0.2) is 9.97 Å². The molecule has 0 unspecified atom stereocenters. The summed E-state index contributed by atoms with van der Waals surface area (Å²) in [6.07, 6.45) is 5.50. The van der Waals surface area contributed by atoms with Crippen molar-refractivity contribution in [3.63, 3.8) is 0 Å². The van der Waals surface area contributed by atoms with Gasteiger partial charge in [0.25, 0.3) is 5.91 Å². The Labute approximate surface area is 213 Å². The van der Waals surface area contributed by atoms with Crippen LogP contribution in [0, 0.1) is 11.3 Å². The van der Waals surface area contributed by atoms with Gasteiger partial charge in [0.05, 0.1) is 24.0 Å². The third-order valence-electron chi connectivity index (χ3n) is 6.11. The number of hydrogen-bond donors (Lipinski definition) is 4. The number of pyridine rings is 2. The van der Waals surface area contributed by atoms with E-state index in [9.17, 15) is 9.59 Å². The minimum absolute atomic E-state index is 0.0544. The molecule has 3 aromatic rings. The highest BCUT2D eigenvalue weighted by Crippen LogP contribution is 2.29. The lowest BCUT2D eigenvalue weighted by Gasteiger charge is -2.31. The van der Waals surface area contributed by atoms with Crippen LogP contribution in [0.25, 0.3) is 11.3 Å². The number of piperidine rings is 1. The highest BCUT2D eigenvalue weighted by atomic mass is 35.5. The van der Waals surface area contributed by atoms with Gasteiger partial charge < -0.3 is 25.7 Å². The molecule has 12 heteroatoms. The molecular formula is C24H27ClN8O3. The average Bonchev–Trinajstić information content (AvgIpc) is 3.41. The second-order valence-corrected chi connectivity index (χ2v) is 8.74. The molecule has 4 rings (SSSR count). The van der Waals surface area contributed by atoms with Crippen LogP contribution in [0.15, 0.2) is 30.6 Å². The van der Waals surface area contributed by atoms with E-state index in [2.05, 4.69) is 30.8 Å². The maximum Gasteiger partial charge on any atom is 0.271 e. The minimum atomic E-state index is -0.181. The number of ether oxygens (including phenoxy) is 1. The van der Waals surface area contributed by atoms with Crippen molar-refractivity contribution >= 4 is 35.4 Å². The van der Waals surface area contributed by atoms with Crippen molar-refractivity contribution in [2.75, 3.05) is 32.6 Å². The van der Waals surface area contributed by atoms with Gasteiger partial charge in [-0.2, -0.15) is 5.10 Å². The summed E-state index contributed by atoms with van der Waals surface area (Å²) in [5, 5.41) is 20.8. The fourth-order valence-corrected chi connectivity index (χ4v) is 4.29. The molecule has 188 valence electrons. The molecule has 0 atom stereocenters. The first kappa shape index (κ1) is 25.1. The first-order valence-electron chi connectivity index (χ1n) is 11.4. The Morgan fingerprint density at radius 3 is 2.72 bits per heavy atom. The Kier molecular flexibility index (Phi) is 7.79. The Hall–Kier alpha value is -3.99. The van der Waals surface area contributed by atoms with E-state index in [1.54, 1.807) is 30.3 Å². The van der Waals surface area contributed by atoms with E-state index >= 15 is 0 Å². The lowest BCUT2D eigenvalue weighted by atomic mass is 9.95. The van der Waals surface area contributed by atoms with Gasteiger partial charge in [0.15, 0.2) is 0 Å². The van der Waals surface area contributed by atoms with Crippen LogP contribution in [0.5, 0.6) is 5.88 Å². The molecule has 0 saturated carbocycles. The maximum absolute atomic E-state index is 13.0. The fourth-order valence-electron chi connectivity index (χ4n) is 4.09. The number of nitrogens with one attached hydrogen (secondary N) is 4. The molecule has 3 aromatic heterocycles. The first-order valence-corrected chi connectivity index (χ1v) is 11.8. The predicted molar refractivity (Wildman–Crippen MR) is 136 cm³/mol. The van der Waals surface area contributed by atoms with Crippen molar-refractivity contribution in [3.05, 3.63) is 52.4 Å². The van der Waals surface area contributed by atoms with Gasteiger partial charge in [0.2, 0.25) is 11.8 Å². The van der Waals surface area contributed by atoms with Crippen molar-refractivity contribution in [1.29, 1.82) is 5.41 Å². The molecule has 0 radical (unpaired) electrons. The smallest absolute Gasteiger partial charge is 0.271 e. The predicted octanol–water partition coefficient (Wildman–Crippen LogP) is 2.74. The van der Waals surface area contributed by atoms with E-state index in [4.69, 9.17) is 21.7 Å². The summed E-state index contributed by atoms with van der Waals surface area (Å²) < 4.78 is 5.14. The number of anilines is 1. The molecule has 0 spiro atoms. The molecule has 11 nitrogen and oxygen atoms in total. The van der Waals surface area contributed by atoms with Gasteiger partial charge >= 0.3 is 0 Å². The first-order chi connectivity index (χ1) is 17.4. The number of likely N-dealkylation sites (tertiary alicyclic amines) is 1. The Morgan fingerprint density at radius 1 is 1.25 bits per heavy atom. The van der Waals surface area contributed by atoms with Crippen LogP contribution in [0.4, 0.5) is 5.82 Å². The van der Waals surface area contributed by atoms with Gasteiger partial charge in [-0.05, 0) is 30.5 Å². The number of H-pyrrole nitrogens is 1. The average molecular weight is 511 g/mol. The maximum atomic E-state index is 13.0. The van der Waals surface area contributed by atoms with Crippen LogP contribution >= 0.6 is 11.6 Å². The van der Waals surface area contributed by atoms with Crippen molar-refractivity contribution in [2.24, 2.45) is 5.92 Å². The number of halogens is 1. The number of rotatable bonds is 8. The van der Waals surface area contributed by atoms with Gasteiger partial charge in [-0.3, -0.25) is 14.7 Å². The Balaban J connectivity index is 1.32. The van der Waals surface area contributed by atoms with Crippen LogP contribution < -0.4 is 15.4 Å². The number of hydrogen-bond acceptors (Lipinski definition) is 8. The summed E-state index contributed by atoms with van der Waals surface area (Å²) in [4.78, 5) is 35.7. The molecule has 4 N–H and O–H groups in total. The van der Waals surface area contributed by atoms with Crippen molar-refractivity contribution in [2.45, 2.75) is 19.4 Å². The van der Waals surface area contributed by atoms with Gasteiger partial charge in [-0.1, -0.05) is 11.6 Å². The van der Waals surface area contributed by atoms with E-state index < -0.39 is 0 Å². The van der Waals surface area contributed by atoms with Crippen LogP contribution in [0.2, 0.25) is 5.02 Å². The van der Waals surface area contributed by atoms with Gasteiger partial charge in [-0.15, -0.1) is 0 Å². The topological polar surface area (TPSA) is 149 Å². The van der Waals surface area contributed by atoms with Crippen molar-refractivity contribution in [3.8, 4) is 17.1 Å². The monoisotopic (exact) mass is 510 g/mol. The van der Waals surface area contributed by atoms with Crippen molar-refractivity contribution < 1.29 is 14.3 Å². The number of aromatic nitrogens is 4. The standard InChI is InChI=1S/C24H27ClN8O3/c1-27-22-16(10-26)7-14(11-29-22)12-30-23(34)15-3-5-33(6-4-15)24(35)20-9-19(31-32-20)17-8-21(36-2)28-13-18(17)25/h7-11,13,15,26H,3-6,12H2,1-2H3,(H,27,29)(H,30,34)(H,31,32). The van der Waals surface area contributed by atoms with E-state index in [1.807, 2.05) is 6.07 Å². The van der Waals surface area contributed by atoms with E-state index in [0.29, 0.717) is 71.7 Å². The Morgan fingerprint density at radius 2 is 2.03 bits per heavy atom. The van der Waals surface area contributed by atoms with Crippen LogP contribution in [-0.4, -0.2) is 70.3 Å². The minimum Gasteiger partial charge on any atom is -0.481 e. The molecular weight excluding hydrogens is 484 g/mol. The van der Waals surface area contributed by atoms with Crippen molar-refractivity contribution in [1.82, 2.24) is 30.4 Å². The summed E-state index contributed by atoms with van der Waals surface area (Å²) in [5.41, 5.74) is 2.94. The largest absolute Gasteiger partial charge is 0.481 e. The molecule has 0 bridgehead atoms. The van der Waals surface area contributed by atoms with Crippen LogP contribution in [0.1, 0.15) is 34.5 Å². The number of methoxy groups -OCH3 is 1. The van der Waals surface area contributed by atoms with E-state index in [-0.39, 0.29) is 17.7 Å². The molecule has 1 aliphatic heterocycles. The Bertz CT molecular complexity index is 1270. The molecule has 0 aromatic carbocycles. The summed E-state index contributed by atoms with van der Waals surface area (Å²) in [7, 11) is 3.25. The molecule has 0 aliphatic carbocycles. The van der Waals surface area contributed by atoms with E-state index in [1.165, 1.54) is 19.5 Å². The number of amides is 2. The zero-order chi connectivity index (χ0) is 25.7. The lowest BCUT2D eigenvalue weighted by molar-refractivity contribution is -0.126. The van der Waals surface area contributed by atoms with E-state index in [0.717, 1.165) is 5.56 Å². The summed E-state index contributed by atoms with van der Waals surface area (Å²) >= 11 is 6.24. The molecule has 2 amide bonds. The second kappa shape index (κ2) is 11.2. The van der Waals surface area contributed by atoms with Crippen LogP contribution in [-0.2, 0) is 11.3 Å². The number of nitrogens with zero attached hydrogens (tertiary/aromatic N) is 4. The zero-order valence-corrected chi connectivity index (χ0v) is 20.7. The fraction of sp³-hybridized carbons (Fsp3) is 0.333. The summed E-state index contributed by atoms with van der Waals surface area (Å²) in [5.74, 6) is 0.597. The highest BCUT2D eigenvalue weighted by Gasteiger charge is 2.28. The van der Waals surface area contributed by atoms with Crippen LogP contribution in [0.3, 0.4) is 0 Å². The zero-order valence-electron chi connectivity index (χ0n) is 20.0. The molecule has 1 fully saturated rings. The summed E-state index contributed by atoms with van der Waals surface area (Å²) in [6.45, 7) is 1.26. The third-order valence-corrected chi connectivity index (χ3v) is 6.41. The molecule has 4 heterocycles. The quantitative estimate of drug-likeness (QED) is 0.340. The highest BCUT2D eigenvalue weighted by molar-refractivity contribution is 6.33. The summed E-state index contributed by atoms with van der Waals surface area (Å²) in [6, 6.07) is 5.13. The number of carbonyl (C=O) groups excluding carboxylic acids is 2. The second-order valence-electron chi connectivity index (χ2n) is 8.33. The SMILES string of the molecule is CNc1ncc(CNC(=O)C2CCN(C(=O)c3cc(-c4cc(OC)ncc4Cl)n[nH]3)CC2)cc1C=N. The number of carbonyl (C=O) groups is 2. The molecule has 1 saturated heterocycles. The number of aromatic amines is 1. The molecule has 36 heavy (non-hydrogen) atoms. The lowest BCUT2D eigenvalue weighted by Crippen LogP contribution is -2.43.